The average molecular weight is 319 g/mol. The zero-order valence-corrected chi connectivity index (χ0v) is 13.2. The molecule has 0 bridgehead atoms. The number of hydrogen-bond acceptors (Lipinski definition) is 6. The van der Waals surface area contributed by atoms with Crippen LogP contribution in [-0.4, -0.2) is 41.0 Å². The lowest BCUT2D eigenvalue weighted by molar-refractivity contribution is 0.232. The number of furan rings is 1. The highest BCUT2D eigenvalue weighted by atomic mass is 16.3. The van der Waals surface area contributed by atoms with E-state index in [1.54, 1.807) is 18.5 Å². The van der Waals surface area contributed by atoms with E-state index >= 15 is 0 Å². The van der Waals surface area contributed by atoms with Crippen LogP contribution in [0.2, 0.25) is 0 Å². The molecule has 6 heteroatoms. The molecule has 0 radical (unpaired) electrons. The van der Waals surface area contributed by atoms with Crippen molar-refractivity contribution in [3.05, 3.63) is 54.0 Å². The summed E-state index contributed by atoms with van der Waals surface area (Å²) < 4.78 is 5.85. The summed E-state index contributed by atoms with van der Waals surface area (Å²) in [5.74, 6) is 1.72. The van der Waals surface area contributed by atoms with Crippen LogP contribution in [-0.2, 0) is 6.54 Å². The van der Waals surface area contributed by atoms with Crippen LogP contribution in [0.15, 0.2) is 47.1 Å². The second-order valence-corrected chi connectivity index (χ2v) is 5.85. The van der Waals surface area contributed by atoms with Crippen LogP contribution in [0.5, 0.6) is 0 Å². The first-order valence-corrected chi connectivity index (χ1v) is 7.99. The van der Waals surface area contributed by atoms with E-state index in [0.29, 0.717) is 5.56 Å². The molecule has 1 aliphatic heterocycles. The van der Waals surface area contributed by atoms with Crippen molar-refractivity contribution >= 4 is 16.9 Å². The number of rotatable bonds is 3. The second kappa shape index (κ2) is 6.30. The number of anilines is 1. The van der Waals surface area contributed by atoms with Crippen LogP contribution in [0.3, 0.4) is 0 Å². The number of piperazine rings is 1. The van der Waals surface area contributed by atoms with E-state index < -0.39 is 0 Å². The van der Waals surface area contributed by atoms with Crippen molar-refractivity contribution in [2.45, 2.75) is 6.54 Å². The van der Waals surface area contributed by atoms with Gasteiger partial charge >= 0.3 is 0 Å². The average Bonchev–Trinajstić information content (AvgIpc) is 3.04. The monoisotopic (exact) mass is 319 g/mol. The van der Waals surface area contributed by atoms with E-state index in [9.17, 15) is 5.26 Å². The molecule has 0 N–H and O–H groups in total. The quantitative estimate of drug-likeness (QED) is 0.738. The molecule has 0 aromatic carbocycles. The molecule has 0 saturated carbocycles. The van der Waals surface area contributed by atoms with Gasteiger partial charge in [0.1, 0.15) is 23.2 Å². The van der Waals surface area contributed by atoms with Gasteiger partial charge in [0, 0.05) is 44.6 Å². The molecule has 1 saturated heterocycles. The summed E-state index contributed by atoms with van der Waals surface area (Å²) in [6.45, 7) is 4.30. The first-order valence-electron chi connectivity index (χ1n) is 7.99. The summed E-state index contributed by atoms with van der Waals surface area (Å²) in [7, 11) is 0. The van der Waals surface area contributed by atoms with Crippen molar-refractivity contribution in [3.63, 3.8) is 0 Å². The normalized spacial score (nSPS) is 15.5. The smallest absolute Gasteiger partial charge is 0.152 e. The number of nitriles is 1. The van der Waals surface area contributed by atoms with Crippen molar-refractivity contribution in [2.75, 3.05) is 31.1 Å². The minimum absolute atomic E-state index is 0.634. The van der Waals surface area contributed by atoms with E-state index in [0.717, 1.165) is 55.4 Å². The highest BCUT2D eigenvalue weighted by Crippen LogP contribution is 2.21. The van der Waals surface area contributed by atoms with Gasteiger partial charge in [0.15, 0.2) is 5.58 Å². The largest absolute Gasteiger partial charge is 0.458 e. The van der Waals surface area contributed by atoms with Gasteiger partial charge in [-0.3, -0.25) is 9.88 Å². The Morgan fingerprint density at radius 2 is 1.88 bits per heavy atom. The zero-order chi connectivity index (χ0) is 16.4. The summed E-state index contributed by atoms with van der Waals surface area (Å²) in [5, 5.41) is 9.22. The Morgan fingerprint density at radius 1 is 1.08 bits per heavy atom. The molecule has 0 spiro atoms. The first-order chi connectivity index (χ1) is 11.8. The third kappa shape index (κ3) is 2.82. The maximum atomic E-state index is 9.22. The van der Waals surface area contributed by atoms with Crippen molar-refractivity contribution in [2.24, 2.45) is 0 Å². The molecule has 0 amide bonds. The molecule has 3 aromatic rings. The van der Waals surface area contributed by atoms with Crippen LogP contribution in [0, 0.1) is 11.3 Å². The van der Waals surface area contributed by atoms with Gasteiger partial charge < -0.3 is 9.32 Å². The SMILES string of the molecule is N#Cc1cccnc1N1CCN(Cc2cc3ncccc3o2)CC1. The number of aromatic nitrogens is 2. The Labute approximate surface area is 139 Å². The number of fused-ring (bicyclic) bond motifs is 1. The van der Waals surface area contributed by atoms with E-state index in [1.807, 2.05) is 24.3 Å². The Balaban J connectivity index is 1.42. The maximum Gasteiger partial charge on any atom is 0.152 e. The first kappa shape index (κ1) is 14.7. The van der Waals surface area contributed by atoms with Gasteiger partial charge in [-0.1, -0.05) is 0 Å². The van der Waals surface area contributed by atoms with Gasteiger partial charge in [-0.25, -0.2) is 4.98 Å². The lowest BCUT2D eigenvalue weighted by atomic mass is 10.2. The lowest BCUT2D eigenvalue weighted by Crippen LogP contribution is -2.46. The summed E-state index contributed by atoms with van der Waals surface area (Å²) in [6, 6.07) is 11.7. The van der Waals surface area contributed by atoms with E-state index in [-0.39, 0.29) is 0 Å². The predicted octanol–water partition coefficient (Wildman–Crippen LogP) is 2.42. The predicted molar refractivity (Wildman–Crippen MR) is 90.5 cm³/mol. The van der Waals surface area contributed by atoms with Gasteiger partial charge in [0.25, 0.3) is 0 Å². The number of nitrogens with zero attached hydrogens (tertiary/aromatic N) is 5. The topological polar surface area (TPSA) is 69.2 Å². The van der Waals surface area contributed by atoms with Crippen LogP contribution in [0.4, 0.5) is 5.82 Å². The molecule has 1 aliphatic rings. The molecule has 4 heterocycles. The van der Waals surface area contributed by atoms with Crippen LogP contribution in [0.1, 0.15) is 11.3 Å². The van der Waals surface area contributed by atoms with E-state index in [4.69, 9.17) is 4.42 Å². The minimum Gasteiger partial charge on any atom is -0.458 e. The Kier molecular flexibility index (Phi) is 3.85. The van der Waals surface area contributed by atoms with Crippen LogP contribution in [0.25, 0.3) is 11.1 Å². The van der Waals surface area contributed by atoms with Crippen molar-refractivity contribution in [3.8, 4) is 6.07 Å². The van der Waals surface area contributed by atoms with Crippen LogP contribution >= 0.6 is 0 Å². The zero-order valence-electron chi connectivity index (χ0n) is 13.2. The van der Waals surface area contributed by atoms with Gasteiger partial charge in [0.2, 0.25) is 0 Å². The minimum atomic E-state index is 0.634. The Bertz CT molecular complexity index is 857. The van der Waals surface area contributed by atoms with Gasteiger partial charge in [-0.2, -0.15) is 5.26 Å². The standard InChI is InChI=1S/C18H17N5O/c19-12-14-3-1-6-21-18(14)23-9-7-22(8-10-23)13-15-11-16-17(24-15)4-2-5-20-16/h1-6,11H,7-10,13H2. The molecule has 3 aromatic heterocycles. The fourth-order valence-corrected chi connectivity index (χ4v) is 3.07. The molecule has 1 fully saturated rings. The maximum absolute atomic E-state index is 9.22. The van der Waals surface area contributed by atoms with Crippen LogP contribution < -0.4 is 4.90 Å². The third-order valence-electron chi connectivity index (χ3n) is 4.30. The van der Waals surface area contributed by atoms with Crippen molar-refractivity contribution in [1.82, 2.24) is 14.9 Å². The van der Waals surface area contributed by atoms with E-state index in [1.165, 1.54) is 0 Å². The lowest BCUT2D eigenvalue weighted by Gasteiger charge is -2.35. The number of pyridine rings is 2. The van der Waals surface area contributed by atoms with Gasteiger partial charge in [-0.05, 0) is 24.3 Å². The van der Waals surface area contributed by atoms with Crippen molar-refractivity contribution in [1.29, 1.82) is 5.26 Å². The summed E-state index contributed by atoms with van der Waals surface area (Å²) in [6.07, 6.45) is 3.52. The molecule has 0 atom stereocenters. The van der Waals surface area contributed by atoms with E-state index in [2.05, 4.69) is 25.8 Å². The third-order valence-corrected chi connectivity index (χ3v) is 4.30. The highest BCUT2D eigenvalue weighted by molar-refractivity contribution is 5.72. The molecule has 6 nitrogen and oxygen atoms in total. The summed E-state index contributed by atoms with van der Waals surface area (Å²) in [4.78, 5) is 13.2. The second-order valence-electron chi connectivity index (χ2n) is 5.85. The highest BCUT2D eigenvalue weighted by Gasteiger charge is 2.21. The molecule has 0 unspecified atom stereocenters. The molecule has 0 aliphatic carbocycles. The molecular weight excluding hydrogens is 302 g/mol. The molecule has 24 heavy (non-hydrogen) atoms. The summed E-state index contributed by atoms with van der Waals surface area (Å²) in [5.41, 5.74) is 2.37. The molecule has 4 rings (SSSR count). The Hall–Kier alpha value is -2.91. The molecule has 120 valence electrons. The van der Waals surface area contributed by atoms with Crippen molar-refractivity contribution < 1.29 is 4.42 Å². The summed E-state index contributed by atoms with van der Waals surface area (Å²) >= 11 is 0. The van der Waals surface area contributed by atoms with Gasteiger partial charge in [-0.15, -0.1) is 0 Å². The number of hydrogen-bond donors (Lipinski definition) is 0. The molecular formula is C18H17N5O. The fourth-order valence-electron chi connectivity index (χ4n) is 3.07. The fraction of sp³-hybridized carbons (Fsp3) is 0.278. The van der Waals surface area contributed by atoms with Gasteiger partial charge in [0.05, 0.1) is 12.1 Å². The Morgan fingerprint density at radius 3 is 2.67 bits per heavy atom.